The quantitative estimate of drug-likeness (QED) is 0.567. The molecule has 4 rings (SSSR count). The molecule has 2 amide bonds. The molecule has 206 valence electrons. The van der Waals surface area contributed by atoms with Gasteiger partial charge in [-0.05, 0) is 65.3 Å². The van der Waals surface area contributed by atoms with Crippen molar-refractivity contribution in [3.8, 4) is 5.75 Å². The summed E-state index contributed by atoms with van der Waals surface area (Å²) in [5.41, 5.74) is 1.29. The molecule has 10 nitrogen and oxygen atoms in total. The van der Waals surface area contributed by atoms with Gasteiger partial charge in [0.1, 0.15) is 11.4 Å². The summed E-state index contributed by atoms with van der Waals surface area (Å²) in [5.74, 6) is 1.52. The van der Waals surface area contributed by atoms with E-state index >= 15 is 0 Å². The summed E-state index contributed by atoms with van der Waals surface area (Å²) in [5, 5.41) is 6.41. The van der Waals surface area contributed by atoms with E-state index in [1.165, 1.54) is 0 Å². The Hall–Kier alpha value is -3.40. The van der Waals surface area contributed by atoms with Gasteiger partial charge in [-0.1, -0.05) is 6.92 Å². The van der Waals surface area contributed by atoms with E-state index in [2.05, 4.69) is 46.2 Å². The minimum Gasteiger partial charge on any atom is -0.495 e. The number of aromatic nitrogens is 2. The molecule has 0 unspecified atom stereocenters. The number of methoxy groups -OCH3 is 1. The van der Waals surface area contributed by atoms with E-state index in [0.717, 1.165) is 32.5 Å². The Kier molecular flexibility index (Phi) is 8.10. The third-order valence-electron chi connectivity index (χ3n) is 7.54. The Labute approximate surface area is 225 Å². The summed E-state index contributed by atoms with van der Waals surface area (Å²) in [7, 11) is 3.34. The molecule has 10 heteroatoms. The molecule has 0 radical (unpaired) electrons. The van der Waals surface area contributed by atoms with Crippen LogP contribution in [0, 0.1) is 5.41 Å². The number of anilines is 4. The summed E-state index contributed by atoms with van der Waals surface area (Å²) in [6, 6.07) is 5.64. The van der Waals surface area contributed by atoms with Gasteiger partial charge in [0.05, 0.1) is 24.4 Å². The molecule has 0 bridgehead atoms. The highest BCUT2D eigenvalue weighted by Crippen LogP contribution is 2.38. The van der Waals surface area contributed by atoms with Crippen molar-refractivity contribution in [2.75, 3.05) is 55.5 Å². The molecule has 1 fully saturated rings. The molecule has 1 aromatic carbocycles. The predicted octanol–water partition coefficient (Wildman–Crippen LogP) is 3.66. The molecule has 0 spiro atoms. The first-order valence-electron chi connectivity index (χ1n) is 13.4. The molecule has 1 saturated heterocycles. The number of hydrogen-bond donors (Lipinski definition) is 2. The summed E-state index contributed by atoms with van der Waals surface area (Å²) in [6.07, 6.45) is 3.59. The van der Waals surface area contributed by atoms with Crippen LogP contribution in [-0.4, -0.2) is 79.1 Å². The van der Waals surface area contributed by atoms with Crippen LogP contribution in [0.4, 0.5) is 23.1 Å². The van der Waals surface area contributed by atoms with Gasteiger partial charge < -0.3 is 30.1 Å². The van der Waals surface area contributed by atoms with E-state index in [9.17, 15) is 9.59 Å². The SMILES string of the molecule is CCN1CCC(NC(=O)c2ccc(Nc3ncc4c(n3)N(C(C)C)CC(C)(C)C(=O)N4C)c(OC)c2)CC1. The Morgan fingerprint density at radius 3 is 2.58 bits per heavy atom. The van der Waals surface area contributed by atoms with Crippen LogP contribution in [0.1, 0.15) is 57.8 Å². The number of nitrogens with one attached hydrogen (secondary N) is 2. The van der Waals surface area contributed by atoms with Crippen molar-refractivity contribution in [1.29, 1.82) is 0 Å². The van der Waals surface area contributed by atoms with Gasteiger partial charge in [-0.2, -0.15) is 4.98 Å². The normalized spacial score (nSPS) is 18.3. The van der Waals surface area contributed by atoms with Gasteiger partial charge in [-0.25, -0.2) is 4.98 Å². The standard InChI is InChI=1S/C28H41N7O3/c1-8-34-13-11-20(12-14-34)30-25(36)19-9-10-21(23(15-19)38-7)31-27-29-16-22-24(32-27)35(18(2)3)17-28(4,5)26(37)33(22)6/h9-10,15-16,18,20H,8,11-14,17H2,1-7H3,(H,30,36)(H,29,31,32). The molecule has 3 heterocycles. The van der Waals surface area contributed by atoms with Gasteiger partial charge in [-0.3, -0.25) is 9.59 Å². The Morgan fingerprint density at radius 1 is 1.24 bits per heavy atom. The lowest BCUT2D eigenvalue weighted by molar-refractivity contribution is -0.125. The van der Waals surface area contributed by atoms with Crippen LogP contribution in [0.2, 0.25) is 0 Å². The number of amides is 2. The highest BCUT2D eigenvalue weighted by Gasteiger charge is 2.39. The number of rotatable bonds is 7. The minimum absolute atomic E-state index is 0.0256. The Morgan fingerprint density at radius 2 is 1.95 bits per heavy atom. The van der Waals surface area contributed by atoms with Crippen LogP contribution in [0.15, 0.2) is 24.4 Å². The first-order valence-corrected chi connectivity index (χ1v) is 13.4. The lowest BCUT2D eigenvalue weighted by Gasteiger charge is -2.32. The van der Waals surface area contributed by atoms with Crippen molar-refractivity contribution < 1.29 is 14.3 Å². The van der Waals surface area contributed by atoms with Crippen LogP contribution in [0.5, 0.6) is 5.75 Å². The molecule has 0 aliphatic carbocycles. The zero-order valence-electron chi connectivity index (χ0n) is 23.7. The van der Waals surface area contributed by atoms with Crippen LogP contribution in [0.25, 0.3) is 0 Å². The van der Waals surface area contributed by atoms with Crippen molar-refractivity contribution >= 4 is 35.0 Å². The monoisotopic (exact) mass is 523 g/mol. The fraction of sp³-hybridized carbons (Fsp3) is 0.571. The second-order valence-corrected chi connectivity index (χ2v) is 11.1. The molecule has 0 saturated carbocycles. The first-order chi connectivity index (χ1) is 18.0. The zero-order valence-corrected chi connectivity index (χ0v) is 23.7. The highest BCUT2D eigenvalue weighted by atomic mass is 16.5. The van der Waals surface area contributed by atoms with Crippen molar-refractivity contribution in [3.05, 3.63) is 30.0 Å². The summed E-state index contributed by atoms with van der Waals surface area (Å²) in [6.45, 7) is 13.8. The van der Waals surface area contributed by atoms with E-state index in [1.807, 2.05) is 13.8 Å². The number of piperidine rings is 1. The highest BCUT2D eigenvalue weighted by molar-refractivity contribution is 6.01. The Balaban J connectivity index is 1.54. The van der Waals surface area contributed by atoms with Gasteiger partial charge >= 0.3 is 0 Å². The molecule has 2 N–H and O–H groups in total. The average Bonchev–Trinajstić information content (AvgIpc) is 2.98. The largest absolute Gasteiger partial charge is 0.495 e. The minimum atomic E-state index is -0.569. The predicted molar refractivity (Wildman–Crippen MR) is 151 cm³/mol. The molecule has 2 aliphatic heterocycles. The number of carbonyl (C=O) groups excluding carboxylic acids is 2. The lowest BCUT2D eigenvalue weighted by Crippen LogP contribution is -2.44. The fourth-order valence-electron chi connectivity index (χ4n) is 5.15. The van der Waals surface area contributed by atoms with Crippen molar-refractivity contribution in [1.82, 2.24) is 20.2 Å². The number of benzene rings is 1. The number of likely N-dealkylation sites (tertiary alicyclic amines) is 1. The van der Waals surface area contributed by atoms with Crippen LogP contribution >= 0.6 is 0 Å². The van der Waals surface area contributed by atoms with Crippen LogP contribution in [-0.2, 0) is 4.79 Å². The van der Waals surface area contributed by atoms with E-state index in [1.54, 1.807) is 43.5 Å². The maximum absolute atomic E-state index is 13.1. The third-order valence-corrected chi connectivity index (χ3v) is 7.54. The molecule has 38 heavy (non-hydrogen) atoms. The van der Waals surface area contributed by atoms with E-state index in [4.69, 9.17) is 9.72 Å². The van der Waals surface area contributed by atoms with Crippen molar-refractivity contribution in [2.24, 2.45) is 5.41 Å². The fourth-order valence-corrected chi connectivity index (χ4v) is 5.15. The summed E-state index contributed by atoms with van der Waals surface area (Å²) >= 11 is 0. The number of carbonyl (C=O) groups is 2. The lowest BCUT2D eigenvalue weighted by atomic mass is 9.91. The van der Waals surface area contributed by atoms with E-state index in [-0.39, 0.29) is 23.9 Å². The van der Waals surface area contributed by atoms with Crippen molar-refractivity contribution in [2.45, 2.75) is 59.5 Å². The smallest absolute Gasteiger partial charge is 0.251 e. The van der Waals surface area contributed by atoms with E-state index < -0.39 is 5.41 Å². The van der Waals surface area contributed by atoms with Gasteiger partial charge in [0.25, 0.3) is 5.91 Å². The van der Waals surface area contributed by atoms with Gasteiger partial charge in [0, 0.05) is 44.3 Å². The van der Waals surface area contributed by atoms with Crippen molar-refractivity contribution in [3.63, 3.8) is 0 Å². The topological polar surface area (TPSA) is 103 Å². The maximum Gasteiger partial charge on any atom is 0.251 e. The number of ether oxygens (including phenoxy) is 1. The zero-order chi connectivity index (χ0) is 27.6. The second kappa shape index (κ2) is 11.1. The number of hydrogen-bond acceptors (Lipinski definition) is 8. The molecule has 1 aromatic heterocycles. The molecule has 2 aliphatic rings. The van der Waals surface area contributed by atoms with Crippen LogP contribution in [0.3, 0.4) is 0 Å². The average molecular weight is 524 g/mol. The molecular formula is C28H41N7O3. The van der Waals surface area contributed by atoms with E-state index in [0.29, 0.717) is 41.0 Å². The Bertz CT molecular complexity index is 1180. The molecule has 0 atom stereocenters. The van der Waals surface area contributed by atoms with Gasteiger partial charge in [0.15, 0.2) is 5.82 Å². The van der Waals surface area contributed by atoms with Gasteiger partial charge in [-0.15, -0.1) is 0 Å². The number of nitrogens with zero attached hydrogens (tertiary/aromatic N) is 5. The van der Waals surface area contributed by atoms with Crippen LogP contribution < -0.4 is 25.2 Å². The first kappa shape index (κ1) is 27.6. The summed E-state index contributed by atoms with van der Waals surface area (Å²) in [4.78, 5) is 41.5. The number of fused-ring (bicyclic) bond motifs is 1. The third kappa shape index (κ3) is 5.70. The van der Waals surface area contributed by atoms with Gasteiger partial charge in [0.2, 0.25) is 11.9 Å². The molecule has 2 aromatic rings. The molecular weight excluding hydrogens is 482 g/mol. The summed E-state index contributed by atoms with van der Waals surface area (Å²) < 4.78 is 5.61. The second-order valence-electron chi connectivity index (χ2n) is 11.1. The maximum atomic E-state index is 13.1.